The van der Waals surface area contributed by atoms with Gasteiger partial charge in [-0.1, -0.05) is 24.4 Å². The molecule has 0 radical (unpaired) electrons. The van der Waals surface area contributed by atoms with E-state index in [1.807, 2.05) is 19.4 Å². The van der Waals surface area contributed by atoms with E-state index in [9.17, 15) is 0 Å². The molecule has 0 unspecified atom stereocenters. The summed E-state index contributed by atoms with van der Waals surface area (Å²) in [7, 11) is 2.07. The van der Waals surface area contributed by atoms with Gasteiger partial charge in [0.05, 0.1) is 18.6 Å². The summed E-state index contributed by atoms with van der Waals surface area (Å²) < 4.78 is 7.37. The van der Waals surface area contributed by atoms with Crippen LogP contribution in [0.15, 0.2) is 17.0 Å². The molecule has 2 aromatic heterocycles. The molecule has 3 rings (SSSR count). The first-order valence-electron chi connectivity index (χ1n) is 7.71. The van der Waals surface area contributed by atoms with E-state index in [1.165, 1.54) is 37.8 Å². The molecule has 2 heterocycles. The van der Waals surface area contributed by atoms with Crippen LogP contribution in [0.25, 0.3) is 0 Å². The van der Waals surface area contributed by atoms with Gasteiger partial charge in [0.1, 0.15) is 0 Å². The first kappa shape index (κ1) is 14.3. The molecule has 1 fully saturated rings. The van der Waals surface area contributed by atoms with Crippen LogP contribution in [0.4, 0.5) is 0 Å². The van der Waals surface area contributed by atoms with Gasteiger partial charge in [0.25, 0.3) is 0 Å². The second kappa shape index (κ2) is 6.39. The van der Waals surface area contributed by atoms with Gasteiger partial charge in [0.2, 0.25) is 5.89 Å². The zero-order valence-electron chi connectivity index (χ0n) is 12.8. The van der Waals surface area contributed by atoms with Crippen LogP contribution in [0.3, 0.4) is 0 Å². The third kappa shape index (κ3) is 3.50. The largest absolute Gasteiger partial charge is 0.340 e. The molecule has 1 saturated carbocycles. The van der Waals surface area contributed by atoms with Crippen molar-refractivity contribution in [1.29, 1.82) is 0 Å². The van der Waals surface area contributed by atoms with Gasteiger partial charge in [0.15, 0.2) is 5.82 Å². The quantitative estimate of drug-likeness (QED) is 0.847. The smallest absolute Gasteiger partial charge is 0.223 e. The van der Waals surface area contributed by atoms with E-state index < -0.39 is 0 Å². The molecule has 0 atom stereocenters. The second-order valence-electron chi connectivity index (χ2n) is 5.99. The second-order valence-corrected chi connectivity index (χ2v) is 5.99. The molecule has 0 saturated heterocycles. The summed E-state index contributed by atoms with van der Waals surface area (Å²) >= 11 is 0. The van der Waals surface area contributed by atoms with Crippen molar-refractivity contribution in [2.45, 2.75) is 58.2 Å². The monoisotopic (exact) mass is 289 g/mol. The topological polar surface area (TPSA) is 60.0 Å². The number of hydrogen-bond acceptors (Lipinski definition) is 5. The number of aryl methyl sites for hydroxylation is 1. The Balaban J connectivity index is 1.63. The van der Waals surface area contributed by atoms with Gasteiger partial charge in [-0.3, -0.25) is 4.90 Å². The van der Waals surface area contributed by atoms with Crippen molar-refractivity contribution in [3.63, 3.8) is 0 Å². The normalized spacial score (nSPS) is 16.7. The van der Waals surface area contributed by atoms with Crippen molar-refractivity contribution in [3.8, 4) is 0 Å². The molecule has 6 heteroatoms. The van der Waals surface area contributed by atoms with E-state index in [4.69, 9.17) is 4.52 Å². The van der Waals surface area contributed by atoms with Crippen molar-refractivity contribution in [1.82, 2.24) is 24.6 Å². The van der Waals surface area contributed by atoms with Gasteiger partial charge in [-0.25, -0.2) is 4.98 Å². The molecule has 0 aliphatic heterocycles. The predicted octanol–water partition coefficient (Wildman–Crippen LogP) is 2.71. The Morgan fingerprint density at radius 2 is 2.10 bits per heavy atom. The lowest BCUT2D eigenvalue weighted by Gasteiger charge is -2.26. The number of aromatic nitrogens is 4. The fourth-order valence-electron chi connectivity index (χ4n) is 3.12. The Bertz CT molecular complexity index is 570. The minimum absolute atomic E-state index is 0.616. The molecular formula is C15H23N5O. The van der Waals surface area contributed by atoms with Gasteiger partial charge in [-0.05, 0) is 19.9 Å². The molecule has 0 amide bonds. The molecule has 0 bridgehead atoms. The molecule has 0 aromatic carbocycles. The van der Waals surface area contributed by atoms with Crippen LogP contribution in [0.1, 0.15) is 55.6 Å². The standard InChI is InChI=1S/C15H23N5O/c1-12-17-15(18-21-12)10-19(2)9-14-8-16-11-20(14)13-6-4-3-5-7-13/h8,11,13H,3-7,9-10H2,1-2H3. The maximum atomic E-state index is 5.01. The number of imidazole rings is 1. The Morgan fingerprint density at radius 3 is 2.81 bits per heavy atom. The molecule has 0 N–H and O–H groups in total. The van der Waals surface area contributed by atoms with Gasteiger partial charge < -0.3 is 9.09 Å². The van der Waals surface area contributed by atoms with Crippen molar-refractivity contribution >= 4 is 0 Å². The molecule has 1 aliphatic rings. The van der Waals surface area contributed by atoms with Crippen LogP contribution in [0.2, 0.25) is 0 Å². The summed E-state index contributed by atoms with van der Waals surface area (Å²) in [6, 6.07) is 0.622. The van der Waals surface area contributed by atoms with Crippen molar-refractivity contribution < 1.29 is 4.52 Å². The number of hydrogen-bond donors (Lipinski definition) is 0. The maximum absolute atomic E-state index is 5.01. The van der Waals surface area contributed by atoms with Crippen LogP contribution in [-0.2, 0) is 13.1 Å². The summed E-state index contributed by atoms with van der Waals surface area (Å²) in [5.74, 6) is 1.35. The number of nitrogens with zero attached hydrogens (tertiary/aromatic N) is 5. The lowest BCUT2D eigenvalue weighted by molar-refractivity contribution is 0.279. The summed E-state index contributed by atoms with van der Waals surface area (Å²) in [6.07, 6.45) is 10.6. The van der Waals surface area contributed by atoms with Crippen molar-refractivity contribution in [2.75, 3.05) is 7.05 Å². The van der Waals surface area contributed by atoms with Crippen LogP contribution >= 0.6 is 0 Å². The summed E-state index contributed by atoms with van der Waals surface area (Å²) in [4.78, 5) is 10.8. The summed E-state index contributed by atoms with van der Waals surface area (Å²) in [5, 5.41) is 3.95. The van der Waals surface area contributed by atoms with Crippen LogP contribution < -0.4 is 0 Å². The molecule has 1 aliphatic carbocycles. The van der Waals surface area contributed by atoms with E-state index in [-0.39, 0.29) is 0 Å². The van der Waals surface area contributed by atoms with E-state index in [0.717, 1.165) is 12.4 Å². The van der Waals surface area contributed by atoms with Gasteiger partial charge >= 0.3 is 0 Å². The highest BCUT2D eigenvalue weighted by Gasteiger charge is 2.18. The van der Waals surface area contributed by atoms with Crippen LogP contribution in [-0.4, -0.2) is 31.6 Å². The zero-order valence-corrected chi connectivity index (χ0v) is 12.8. The highest BCUT2D eigenvalue weighted by Crippen LogP contribution is 2.29. The van der Waals surface area contributed by atoms with Crippen LogP contribution in [0.5, 0.6) is 0 Å². The van der Waals surface area contributed by atoms with Gasteiger partial charge in [-0.2, -0.15) is 4.98 Å². The van der Waals surface area contributed by atoms with Gasteiger partial charge in [0, 0.05) is 25.7 Å². The third-order valence-corrected chi connectivity index (χ3v) is 4.13. The summed E-state index contributed by atoms with van der Waals surface area (Å²) in [6.45, 7) is 3.35. The van der Waals surface area contributed by atoms with E-state index >= 15 is 0 Å². The molecule has 0 spiro atoms. The van der Waals surface area contributed by atoms with E-state index in [1.54, 1.807) is 0 Å². The Kier molecular flexibility index (Phi) is 4.34. The fraction of sp³-hybridized carbons (Fsp3) is 0.667. The Hall–Kier alpha value is -1.69. The minimum Gasteiger partial charge on any atom is -0.340 e. The van der Waals surface area contributed by atoms with Crippen LogP contribution in [0, 0.1) is 6.92 Å². The average molecular weight is 289 g/mol. The SMILES string of the molecule is Cc1nc(CN(C)Cc2cncn2C2CCCCC2)no1. The molecular weight excluding hydrogens is 266 g/mol. The number of rotatable bonds is 5. The zero-order chi connectivity index (χ0) is 14.7. The minimum atomic E-state index is 0.616. The molecule has 114 valence electrons. The van der Waals surface area contributed by atoms with E-state index in [0.29, 0.717) is 18.5 Å². The average Bonchev–Trinajstić information content (AvgIpc) is 3.09. The van der Waals surface area contributed by atoms with Gasteiger partial charge in [-0.15, -0.1) is 0 Å². The Labute approximate surface area is 125 Å². The summed E-state index contributed by atoms with van der Waals surface area (Å²) in [5.41, 5.74) is 1.27. The first-order chi connectivity index (χ1) is 10.2. The maximum Gasteiger partial charge on any atom is 0.223 e. The third-order valence-electron chi connectivity index (χ3n) is 4.13. The van der Waals surface area contributed by atoms with Crippen molar-refractivity contribution in [2.24, 2.45) is 0 Å². The van der Waals surface area contributed by atoms with E-state index in [2.05, 4.69) is 31.6 Å². The lowest BCUT2D eigenvalue weighted by atomic mass is 9.95. The predicted molar refractivity (Wildman–Crippen MR) is 78.6 cm³/mol. The fourth-order valence-corrected chi connectivity index (χ4v) is 3.12. The van der Waals surface area contributed by atoms with Crippen molar-refractivity contribution in [3.05, 3.63) is 29.9 Å². The lowest BCUT2D eigenvalue weighted by Crippen LogP contribution is -2.22. The molecule has 21 heavy (non-hydrogen) atoms. The highest BCUT2D eigenvalue weighted by molar-refractivity contribution is 5.01. The molecule has 2 aromatic rings. The first-order valence-corrected chi connectivity index (χ1v) is 7.71. The molecule has 6 nitrogen and oxygen atoms in total. The Morgan fingerprint density at radius 1 is 1.29 bits per heavy atom. The highest BCUT2D eigenvalue weighted by atomic mass is 16.5.